The second-order valence-corrected chi connectivity index (χ2v) is 7.66. The van der Waals surface area contributed by atoms with Crippen LogP contribution >= 0.6 is 43.6 Å². The number of likely N-dealkylation sites (N-methyl/N-ethyl adjacent to an activating group) is 1. The van der Waals surface area contributed by atoms with Crippen LogP contribution in [0.25, 0.3) is 0 Å². The fourth-order valence-electron chi connectivity index (χ4n) is 2.06. The van der Waals surface area contributed by atoms with Crippen LogP contribution in [-0.2, 0) is 6.42 Å². The molecule has 2 rings (SSSR count). The van der Waals surface area contributed by atoms with Gasteiger partial charge in [0.25, 0.3) is 0 Å². The van der Waals surface area contributed by atoms with Crippen LogP contribution in [0.4, 0.5) is 0 Å². The minimum atomic E-state index is 0.444. The number of rotatable bonds is 7. The van der Waals surface area contributed by atoms with Crippen LogP contribution in [0.5, 0.6) is 0 Å². The molecule has 1 atom stereocenters. The van der Waals surface area contributed by atoms with Gasteiger partial charge in [-0.1, -0.05) is 22.9 Å². The average Bonchev–Trinajstić information content (AvgIpc) is 2.47. The molecule has 21 heavy (non-hydrogen) atoms. The van der Waals surface area contributed by atoms with Gasteiger partial charge in [-0.15, -0.1) is 11.8 Å². The van der Waals surface area contributed by atoms with Crippen molar-refractivity contribution >= 4 is 43.6 Å². The lowest BCUT2D eigenvalue weighted by molar-refractivity contribution is 0.572. The number of nitrogens with one attached hydrogen (secondary N) is 1. The van der Waals surface area contributed by atoms with Crippen molar-refractivity contribution in [2.45, 2.75) is 24.3 Å². The van der Waals surface area contributed by atoms with E-state index in [-0.39, 0.29) is 0 Å². The minimum Gasteiger partial charge on any atom is -0.313 e. The van der Waals surface area contributed by atoms with Gasteiger partial charge in [-0.05, 0) is 64.8 Å². The van der Waals surface area contributed by atoms with Crippen molar-refractivity contribution in [3.05, 3.63) is 57.2 Å². The summed E-state index contributed by atoms with van der Waals surface area (Å²) in [5.74, 6) is 1.04. The normalized spacial score (nSPS) is 12.3. The molecule has 112 valence electrons. The highest BCUT2D eigenvalue weighted by Gasteiger charge is 2.10. The first-order chi connectivity index (χ1) is 10.2. The summed E-state index contributed by atoms with van der Waals surface area (Å²) in [6.45, 7) is 3.13. The topological polar surface area (TPSA) is 24.9 Å². The molecule has 2 aromatic rings. The van der Waals surface area contributed by atoms with E-state index >= 15 is 0 Å². The third kappa shape index (κ3) is 6.10. The van der Waals surface area contributed by atoms with E-state index < -0.39 is 0 Å². The summed E-state index contributed by atoms with van der Waals surface area (Å²) in [5, 5.41) is 3.56. The Bertz CT molecular complexity index is 560. The first-order valence-electron chi connectivity index (χ1n) is 6.88. The summed E-state index contributed by atoms with van der Waals surface area (Å²) in [5.41, 5.74) is 1.26. The zero-order chi connectivity index (χ0) is 15.1. The second-order valence-electron chi connectivity index (χ2n) is 4.74. The molecule has 1 unspecified atom stereocenters. The smallest absolute Gasteiger partial charge is 0.0410 e. The number of aromatic nitrogens is 1. The van der Waals surface area contributed by atoms with Crippen LogP contribution in [-0.4, -0.2) is 23.3 Å². The minimum absolute atomic E-state index is 0.444. The summed E-state index contributed by atoms with van der Waals surface area (Å²) >= 11 is 8.83. The first-order valence-corrected chi connectivity index (χ1v) is 9.45. The summed E-state index contributed by atoms with van der Waals surface area (Å²) < 4.78 is 2.16. The number of benzene rings is 1. The van der Waals surface area contributed by atoms with Crippen LogP contribution in [0.15, 0.2) is 56.6 Å². The Morgan fingerprint density at radius 2 is 1.90 bits per heavy atom. The number of hydrogen-bond acceptors (Lipinski definition) is 3. The van der Waals surface area contributed by atoms with E-state index in [2.05, 4.69) is 79.4 Å². The first kappa shape index (κ1) is 17.0. The van der Waals surface area contributed by atoms with E-state index in [1.165, 1.54) is 10.5 Å². The zero-order valence-electron chi connectivity index (χ0n) is 11.9. The number of nitrogens with zero attached hydrogens (tertiary/aromatic N) is 1. The van der Waals surface area contributed by atoms with Crippen molar-refractivity contribution in [3.8, 4) is 0 Å². The van der Waals surface area contributed by atoms with Gasteiger partial charge in [0.2, 0.25) is 0 Å². The van der Waals surface area contributed by atoms with Crippen LogP contribution in [0.3, 0.4) is 0 Å². The van der Waals surface area contributed by atoms with Crippen molar-refractivity contribution < 1.29 is 0 Å². The molecule has 1 aromatic heterocycles. The highest BCUT2D eigenvalue weighted by Crippen LogP contribution is 2.22. The molecule has 1 aromatic carbocycles. The molecule has 0 bridgehead atoms. The number of halogens is 2. The number of thioether (sulfide) groups is 1. The van der Waals surface area contributed by atoms with Gasteiger partial charge in [-0.3, -0.25) is 4.98 Å². The summed E-state index contributed by atoms with van der Waals surface area (Å²) in [6.07, 6.45) is 4.76. The lowest BCUT2D eigenvalue weighted by Gasteiger charge is -2.17. The molecule has 0 saturated carbocycles. The van der Waals surface area contributed by atoms with E-state index in [9.17, 15) is 0 Å². The Balaban J connectivity index is 1.93. The molecule has 0 amide bonds. The zero-order valence-corrected chi connectivity index (χ0v) is 15.8. The average molecular weight is 430 g/mol. The Kier molecular flexibility index (Phi) is 7.23. The molecule has 0 spiro atoms. The third-order valence-corrected chi connectivity index (χ3v) is 5.14. The monoisotopic (exact) mass is 428 g/mol. The highest BCUT2D eigenvalue weighted by atomic mass is 79.9. The number of hydrogen-bond donors (Lipinski definition) is 1. The Hall–Kier alpha value is -0.360. The molecule has 0 aliphatic rings. The predicted molar refractivity (Wildman–Crippen MR) is 98.0 cm³/mol. The van der Waals surface area contributed by atoms with E-state index in [1.807, 2.05) is 24.2 Å². The van der Waals surface area contributed by atoms with Crippen LogP contribution in [0, 0.1) is 0 Å². The lowest BCUT2D eigenvalue weighted by Crippen LogP contribution is -2.33. The van der Waals surface area contributed by atoms with Crippen molar-refractivity contribution in [1.82, 2.24) is 10.3 Å². The van der Waals surface area contributed by atoms with E-state index in [4.69, 9.17) is 0 Å². The molecule has 2 nitrogen and oxygen atoms in total. The highest BCUT2D eigenvalue weighted by molar-refractivity contribution is 9.10. The van der Waals surface area contributed by atoms with Crippen molar-refractivity contribution in [2.24, 2.45) is 0 Å². The van der Waals surface area contributed by atoms with Crippen molar-refractivity contribution in [3.63, 3.8) is 0 Å². The Morgan fingerprint density at radius 3 is 2.57 bits per heavy atom. The van der Waals surface area contributed by atoms with Crippen LogP contribution < -0.4 is 5.32 Å². The van der Waals surface area contributed by atoms with E-state index in [1.54, 1.807) is 0 Å². The predicted octanol–water partition coefficient (Wildman–Crippen LogP) is 4.92. The van der Waals surface area contributed by atoms with Gasteiger partial charge in [0.1, 0.15) is 0 Å². The largest absolute Gasteiger partial charge is 0.313 e. The van der Waals surface area contributed by atoms with Crippen molar-refractivity contribution in [2.75, 3.05) is 12.3 Å². The quantitative estimate of drug-likeness (QED) is 0.632. The van der Waals surface area contributed by atoms with Gasteiger partial charge >= 0.3 is 0 Å². The molecule has 0 aliphatic heterocycles. The fraction of sp³-hybridized carbons (Fsp3) is 0.312. The van der Waals surface area contributed by atoms with Gasteiger partial charge in [-0.2, -0.15) is 0 Å². The molecule has 0 fully saturated rings. The van der Waals surface area contributed by atoms with Gasteiger partial charge in [0.05, 0.1) is 0 Å². The summed E-state index contributed by atoms with van der Waals surface area (Å²) in [6, 6.07) is 11.1. The van der Waals surface area contributed by atoms with Crippen LogP contribution in [0.1, 0.15) is 12.5 Å². The standard InChI is InChI=1S/C16H18Br2N2S/c1-2-20-15(8-12-7-14(18)10-19-9-12)11-21-16-5-3-13(17)4-6-16/h3-7,9-10,15,20H,2,8,11H2,1H3. The molecule has 0 aliphatic carbocycles. The van der Waals surface area contributed by atoms with Crippen LogP contribution in [0.2, 0.25) is 0 Å². The lowest BCUT2D eigenvalue weighted by atomic mass is 10.1. The van der Waals surface area contributed by atoms with E-state index in [0.29, 0.717) is 6.04 Å². The summed E-state index contributed by atoms with van der Waals surface area (Å²) in [7, 11) is 0. The maximum atomic E-state index is 4.24. The van der Waals surface area contributed by atoms with Gasteiger partial charge < -0.3 is 5.32 Å². The van der Waals surface area contributed by atoms with Gasteiger partial charge in [0.15, 0.2) is 0 Å². The van der Waals surface area contributed by atoms with Crippen molar-refractivity contribution in [1.29, 1.82) is 0 Å². The van der Waals surface area contributed by atoms with E-state index in [0.717, 1.165) is 27.7 Å². The molecular weight excluding hydrogens is 412 g/mol. The molecule has 1 N–H and O–H groups in total. The molecule has 1 heterocycles. The van der Waals surface area contributed by atoms with Gasteiger partial charge in [0, 0.05) is 38.0 Å². The number of pyridine rings is 1. The molecule has 0 radical (unpaired) electrons. The fourth-order valence-corrected chi connectivity index (χ4v) is 3.69. The second kappa shape index (κ2) is 8.93. The third-order valence-electron chi connectivity index (χ3n) is 3.00. The maximum Gasteiger partial charge on any atom is 0.0410 e. The SMILES string of the molecule is CCNC(CSc1ccc(Br)cc1)Cc1cncc(Br)c1. The maximum absolute atomic E-state index is 4.24. The molecule has 5 heteroatoms. The summed E-state index contributed by atoms with van der Waals surface area (Å²) in [4.78, 5) is 5.54. The van der Waals surface area contributed by atoms with Gasteiger partial charge in [-0.25, -0.2) is 0 Å². The molecule has 0 saturated heterocycles. The Morgan fingerprint density at radius 1 is 1.14 bits per heavy atom. The Labute approximate surface area is 147 Å². The molecular formula is C16H18Br2N2S.